The number of rotatable bonds is 8. The quantitative estimate of drug-likeness (QED) is 0.636. The van der Waals surface area contributed by atoms with Gasteiger partial charge in [0, 0.05) is 57.5 Å². The number of thiazole rings is 1. The van der Waals surface area contributed by atoms with Crippen molar-refractivity contribution in [2.75, 3.05) is 45.2 Å². The highest BCUT2D eigenvalue weighted by atomic mass is 32.1. The zero-order valence-corrected chi connectivity index (χ0v) is 19.8. The SMILES string of the molecule is COc1ccccc1Nc1nc(C(=O)N(CCC(=O)N2CCN(C(C)=O)CC2)C2CC2)cs1. The Kier molecular flexibility index (Phi) is 7.12. The molecule has 0 unspecified atom stereocenters. The van der Waals surface area contributed by atoms with Crippen LogP contribution in [0.15, 0.2) is 29.6 Å². The summed E-state index contributed by atoms with van der Waals surface area (Å²) in [5, 5.41) is 5.57. The van der Waals surface area contributed by atoms with Crippen LogP contribution in [-0.4, -0.2) is 83.3 Å². The van der Waals surface area contributed by atoms with Crippen LogP contribution in [0.5, 0.6) is 5.75 Å². The molecule has 1 aromatic carbocycles. The predicted octanol–water partition coefficient (Wildman–Crippen LogP) is 2.58. The first-order chi connectivity index (χ1) is 16.0. The van der Waals surface area contributed by atoms with Gasteiger partial charge >= 0.3 is 0 Å². The predicted molar refractivity (Wildman–Crippen MR) is 126 cm³/mol. The third-order valence-electron chi connectivity index (χ3n) is 5.96. The van der Waals surface area contributed by atoms with Crippen LogP contribution in [0.4, 0.5) is 10.8 Å². The van der Waals surface area contributed by atoms with Gasteiger partial charge in [-0.25, -0.2) is 4.98 Å². The molecule has 0 radical (unpaired) electrons. The normalized spacial score (nSPS) is 15.8. The van der Waals surface area contributed by atoms with E-state index in [0.717, 1.165) is 18.5 Å². The number of hydrogen-bond acceptors (Lipinski definition) is 7. The molecule has 0 atom stereocenters. The van der Waals surface area contributed by atoms with E-state index in [1.807, 2.05) is 24.3 Å². The second-order valence-corrected chi connectivity index (χ2v) is 9.09. The number of benzene rings is 1. The van der Waals surface area contributed by atoms with Gasteiger partial charge in [-0.15, -0.1) is 11.3 Å². The van der Waals surface area contributed by atoms with E-state index in [-0.39, 0.29) is 30.2 Å². The van der Waals surface area contributed by atoms with Crippen molar-refractivity contribution in [3.05, 3.63) is 35.3 Å². The number of hydrogen-bond donors (Lipinski definition) is 1. The summed E-state index contributed by atoms with van der Waals surface area (Å²) in [6.45, 7) is 4.13. The summed E-state index contributed by atoms with van der Waals surface area (Å²) in [4.78, 5) is 47.2. The van der Waals surface area contributed by atoms with Crippen LogP contribution >= 0.6 is 11.3 Å². The second-order valence-electron chi connectivity index (χ2n) is 8.23. The van der Waals surface area contributed by atoms with E-state index < -0.39 is 0 Å². The van der Waals surface area contributed by atoms with Crippen LogP contribution < -0.4 is 10.1 Å². The Bertz CT molecular complexity index is 1010. The topological polar surface area (TPSA) is 95.1 Å². The number of methoxy groups -OCH3 is 1. The van der Waals surface area contributed by atoms with E-state index >= 15 is 0 Å². The molecule has 10 heteroatoms. The molecule has 176 valence electrons. The van der Waals surface area contributed by atoms with E-state index in [0.29, 0.717) is 49.3 Å². The second kappa shape index (κ2) is 10.2. The van der Waals surface area contributed by atoms with Gasteiger partial charge in [-0.2, -0.15) is 0 Å². The number of ether oxygens (including phenoxy) is 1. The Morgan fingerprint density at radius 1 is 1.15 bits per heavy atom. The Balaban J connectivity index is 1.34. The van der Waals surface area contributed by atoms with Crippen LogP contribution in [-0.2, 0) is 9.59 Å². The van der Waals surface area contributed by atoms with Crippen LogP contribution in [0.1, 0.15) is 36.7 Å². The number of carbonyl (C=O) groups is 3. The van der Waals surface area contributed by atoms with Crippen molar-refractivity contribution in [3.8, 4) is 5.75 Å². The summed E-state index contributed by atoms with van der Waals surface area (Å²) >= 11 is 1.36. The van der Waals surface area contributed by atoms with Gasteiger partial charge in [0.15, 0.2) is 5.13 Å². The number of amides is 3. The fraction of sp³-hybridized carbons (Fsp3) is 0.478. The molecular weight excluding hydrogens is 442 g/mol. The first kappa shape index (κ1) is 23.0. The summed E-state index contributed by atoms with van der Waals surface area (Å²) in [6, 6.07) is 7.70. The molecule has 0 bridgehead atoms. The highest BCUT2D eigenvalue weighted by Crippen LogP contribution is 2.31. The highest BCUT2D eigenvalue weighted by Gasteiger charge is 2.34. The van der Waals surface area contributed by atoms with Gasteiger partial charge in [-0.05, 0) is 25.0 Å². The molecule has 2 aliphatic rings. The lowest BCUT2D eigenvalue weighted by Crippen LogP contribution is -2.50. The molecule has 9 nitrogen and oxygen atoms in total. The first-order valence-electron chi connectivity index (χ1n) is 11.2. The summed E-state index contributed by atoms with van der Waals surface area (Å²) in [6.07, 6.45) is 2.18. The van der Waals surface area contributed by atoms with Crippen LogP contribution in [0.2, 0.25) is 0 Å². The molecule has 2 aromatic rings. The van der Waals surface area contributed by atoms with Crippen molar-refractivity contribution < 1.29 is 19.1 Å². The van der Waals surface area contributed by atoms with Crippen molar-refractivity contribution in [2.45, 2.75) is 32.2 Å². The number of piperazine rings is 1. The maximum absolute atomic E-state index is 13.2. The third-order valence-corrected chi connectivity index (χ3v) is 6.72. The fourth-order valence-corrected chi connectivity index (χ4v) is 4.62. The van der Waals surface area contributed by atoms with Crippen molar-refractivity contribution in [3.63, 3.8) is 0 Å². The van der Waals surface area contributed by atoms with E-state index in [4.69, 9.17) is 4.74 Å². The molecule has 1 saturated heterocycles. The monoisotopic (exact) mass is 471 g/mol. The summed E-state index contributed by atoms with van der Waals surface area (Å²) in [5.74, 6) is 0.614. The number of carbonyl (C=O) groups excluding carboxylic acids is 3. The molecular formula is C23H29N5O4S. The van der Waals surface area contributed by atoms with Crippen molar-refractivity contribution in [1.82, 2.24) is 19.7 Å². The van der Waals surface area contributed by atoms with Crippen LogP contribution in [0.3, 0.4) is 0 Å². The number of nitrogens with one attached hydrogen (secondary N) is 1. The zero-order chi connectivity index (χ0) is 23.4. The molecule has 4 rings (SSSR count). The molecule has 1 aliphatic carbocycles. The van der Waals surface area contributed by atoms with Gasteiger partial charge in [-0.1, -0.05) is 12.1 Å². The number of para-hydroxylation sites is 2. The summed E-state index contributed by atoms with van der Waals surface area (Å²) in [5.41, 5.74) is 1.16. The first-order valence-corrected chi connectivity index (χ1v) is 12.0. The minimum absolute atomic E-state index is 0.0217. The molecule has 2 fully saturated rings. The Hall–Kier alpha value is -3.14. The molecule has 0 spiro atoms. The minimum atomic E-state index is -0.143. The summed E-state index contributed by atoms with van der Waals surface area (Å²) < 4.78 is 5.36. The van der Waals surface area contributed by atoms with Gasteiger partial charge in [0.1, 0.15) is 11.4 Å². The van der Waals surface area contributed by atoms with Gasteiger partial charge in [0.25, 0.3) is 5.91 Å². The molecule has 1 saturated carbocycles. The maximum Gasteiger partial charge on any atom is 0.273 e. The molecule has 3 amide bonds. The molecule has 2 heterocycles. The lowest BCUT2D eigenvalue weighted by Gasteiger charge is -2.34. The van der Waals surface area contributed by atoms with Gasteiger partial charge < -0.3 is 24.8 Å². The van der Waals surface area contributed by atoms with Gasteiger partial charge in [0.2, 0.25) is 11.8 Å². The van der Waals surface area contributed by atoms with E-state index in [1.54, 1.807) is 34.1 Å². The van der Waals surface area contributed by atoms with E-state index in [2.05, 4.69) is 10.3 Å². The third kappa shape index (κ3) is 5.62. The smallest absolute Gasteiger partial charge is 0.273 e. The minimum Gasteiger partial charge on any atom is -0.495 e. The Morgan fingerprint density at radius 2 is 1.85 bits per heavy atom. The largest absolute Gasteiger partial charge is 0.495 e. The van der Waals surface area contributed by atoms with E-state index in [9.17, 15) is 14.4 Å². The van der Waals surface area contributed by atoms with E-state index in [1.165, 1.54) is 11.3 Å². The molecule has 1 aliphatic heterocycles. The maximum atomic E-state index is 13.2. The van der Waals surface area contributed by atoms with Crippen LogP contribution in [0, 0.1) is 0 Å². The number of nitrogens with zero attached hydrogens (tertiary/aromatic N) is 4. The zero-order valence-electron chi connectivity index (χ0n) is 19.0. The molecule has 1 N–H and O–H groups in total. The standard InChI is InChI=1S/C23H29N5O4S/c1-16(29)26-11-13-27(14-12-26)21(30)9-10-28(17-7-8-17)22(31)19-15-33-23(25-19)24-18-5-3-4-6-20(18)32-2/h3-6,15,17H,7-14H2,1-2H3,(H,24,25). The van der Waals surface area contributed by atoms with Crippen LogP contribution in [0.25, 0.3) is 0 Å². The van der Waals surface area contributed by atoms with Gasteiger partial charge in [0.05, 0.1) is 12.8 Å². The number of anilines is 2. The van der Waals surface area contributed by atoms with Crippen molar-refractivity contribution in [1.29, 1.82) is 0 Å². The van der Waals surface area contributed by atoms with Gasteiger partial charge in [-0.3, -0.25) is 14.4 Å². The lowest BCUT2D eigenvalue weighted by atomic mass is 10.2. The summed E-state index contributed by atoms with van der Waals surface area (Å²) in [7, 11) is 1.61. The lowest BCUT2D eigenvalue weighted by molar-refractivity contribution is -0.138. The van der Waals surface area contributed by atoms with Crippen molar-refractivity contribution in [2.24, 2.45) is 0 Å². The molecule has 33 heavy (non-hydrogen) atoms. The van der Waals surface area contributed by atoms with Crippen molar-refractivity contribution >= 4 is 39.9 Å². The average Bonchev–Trinajstić information content (AvgIpc) is 3.56. The fourth-order valence-electron chi connectivity index (χ4n) is 3.92. The Morgan fingerprint density at radius 3 is 2.52 bits per heavy atom. The number of aromatic nitrogens is 1. The average molecular weight is 472 g/mol. The molecule has 1 aromatic heterocycles. The Labute approximate surface area is 197 Å². The highest BCUT2D eigenvalue weighted by molar-refractivity contribution is 7.14.